The number of rotatable bonds is 7. The normalized spacial score (nSPS) is 22.4. The van der Waals surface area contributed by atoms with Gasteiger partial charge in [-0.1, -0.05) is 12.1 Å². The smallest absolute Gasteiger partial charge is 0.407 e. The molecule has 1 aliphatic heterocycles. The summed E-state index contributed by atoms with van der Waals surface area (Å²) < 4.78 is 44.0. The number of nitrogens with one attached hydrogen (secondary N) is 2. The summed E-state index contributed by atoms with van der Waals surface area (Å²) in [6, 6.07) is 6.65. The summed E-state index contributed by atoms with van der Waals surface area (Å²) in [5.74, 6) is -0.528. The number of anilines is 2. The standard InChI is InChI=1S/C23H29F3N4O4/c1-14(34-21(33)27-13-22(9-10-22)23(24,25)26)19(31)28-16-12-29(2)17-5-3-4-6-18(17)30(20(16)32)11-15-7-8-15/h3-6,14-16H,7-13H2,1-2H3,(H,27,33)(H,28,31). The lowest BCUT2D eigenvalue weighted by Crippen LogP contribution is -2.54. The zero-order chi connectivity index (χ0) is 24.7. The minimum atomic E-state index is -4.40. The molecule has 2 aliphatic carbocycles. The lowest BCUT2D eigenvalue weighted by atomic mass is 10.1. The third kappa shape index (κ3) is 5.07. The van der Waals surface area contributed by atoms with Crippen molar-refractivity contribution < 1.29 is 32.3 Å². The van der Waals surface area contributed by atoms with Crippen molar-refractivity contribution >= 4 is 29.3 Å². The topological polar surface area (TPSA) is 91.0 Å². The van der Waals surface area contributed by atoms with Crippen molar-refractivity contribution in [3.05, 3.63) is 24.3 Å². The number of benzene rings is 1. The highest BCUT2D eigenvalue weighted by Crippen LogP contribution is 2.57. The van der Waals surface area contributed by atoms with E-state index in [4.69, 9.17) is 4.74 Å². The van der Waals surface area contributed by atoms with Crippen molar-refractivity contribution in [2.24, 2.45) is 11.3 Å². The Bertz CT molecular complexity index is 962. The number of carbonyl (C=O) groups is 3. The Morgan fingerprint density at radius 1 is 1.21 bits per heavy atom. The summed E-state index contributed by atoms with van der Waals surface area (Å²) >= 11 is 0. The molecule has 11 heteroatoms. The lowest BCUT2D eigenvalue weighted by Gasteiger charge is -2.26. The van der Waals surface area contributed by atoms with Gasteiger partial charge in [0, 0.05) is 26.7 Å². The molecule has 2 unspecified atom stereocenters. The molecular weight excluding hydrogens is 453 g/mol. The molecule has 0 radical (unpaired) electrons. The summed E-state index contributed by atoms with van der Waals surface area (Å²) in [5.41, 5.74) is -0.258. The van der Waals surface area contributed by atoms with E-state index < -0.39 is 42.3 Å². The first-order valence-corrected chi connectivity index (χ1v) is 11.4. The molecular formula is C23H29F3N4O4. The first kappa shape index (κ1) is 24.2. The molecule has 0 bridgehead atoms. The molecule has 1 aromatic rings. The number of ether oxygens (including phenoxy) is 1. The Labute approximate surface area is 195 Å². The third-order valence-corrected chi connectivity index (χ3v) is 6.74. The van der Waals surface area contributed by atoms with Gasteiger partial charge in [-0.15, -0.1) is 0 Å². The highest BCUT2D eigenvalue weighted by Gasteiger charge is 2.63. The van der Waals surface area contributed by atoms with Gasteiger partial charge in [-0.05, 0) is 50.7 Å². The van der Waals surface area contributed by atoms with Crippen molar-refractivity contribution in [1.29, 1.82) is 0 Å². The summed E-state index contributed by atoms with van der Waals surface area (Å²) in [4.78, 5) is 41.7. The van der Waals surface area contributed by atoms with Gasteiger partial charge in [0.15, 0.2) is 6.10 Å². The molecule has 0 aromatic heterocycles. The fraction of sp³-hybridized carbons (Fsp3) is 0.609. The van der Waals surface area contributed by atoms with Gasteiger partial charge in [0.1, 0.15) is 6.04 Å². The molecule has 2 N–H and O–H groups in total. The maximum absolute atomic E-state index is 13.4. The zero-order valence-corrected chi connectivity index (χ0v) is 19.2. The van der Waals surface area contributed by atoms with E-state index in [9.17, 15) is 27.6 Å². The van der Waals surface area contributed by atoms with Crippen LogP contribution in [0.1, 0.15) is 32.6 Å². The Kier molecular flexibility index (Phi) is 6.39. The predicted octanol–water partition coefficient (Wildman–Crippen LogP) is 2.82. The molecule has 2 atom stereocenters. The third-order valence-electron chi connectivity index (χ3n) is 6.74. The minimum Gasteiger partial charge on any atom is -0.436 e. The Morgan fingerprint density at radius 2 is 1.85 bits per heavy atom. The monoisotopic (exact) mass is 482 g/mol. The zero-order valence-electron chi connectivity index (χ0n) is 19.2. The summed E-state index contributed by atoms with van der Waals surface area (Å²) in [6.45, 7) is 1.50. The minimum absolute atomic E-state index is 0.0517. The van der Waals surface area contributed by atoms with Gasteiger partial charge >= 0.3 is 12.3 Å². The molecule has 1 heterocycles. The number of fused-ring (bicyclic) bond motifs is 1. The van der Waals surface area contributed by atoms with Gasteiger partial charge in [0.2, 0.25) is 0 Å². The van der Waals surface area contributed by atoms with E-state index in [2.05, 4.69) is 10.6 Å². The number of amides is 3. The van der Waals surface area contributed by atoms with Crippen molar-refractivity contribution in [1.82, 2.24) is 10.6 Å². The van der Waals surface area contributed by atoms with E-state index in [-0.39, 0.29) is 25.3 Å². The van der Waals surface area contributed by atoms with Crippen LogP contribution in [0.25, 0.3) is 0 Å². The van der Waals surface area contributed by atoms with E-state index in [0.29, 0.717) is 12.5 Å². The number of carbonyl (C=O) groups excluding carboxylic acids is 3. The second-order valence-corrected chi connectivity index (χ2v) is 9.50. The van der Waals surface area contributed by atoms with Crippen LogP contribution in [0, 0.1) is 11.3 Å². The molecule has 3 amide bonds. The number of hydrogen-bond acceptors (Lipinski definition) is 5. The molecule has 2 saturated carbocycles. The number of hydrogen-bond donors (Lipinski definition) is 2. The highest BCUT2D eigenvalue weighted by atomic mass is 19.4. The predicted molar refractivity (Wildman–Crippen MR) is 118 cm³/mol. The lowest BCUT2D eigenvalue weighted by molar-refractivity contribution is -0.185. The van der Waals surface area contributed by atoms with E-state index in [1.165, 1.54) is 6.92 Å². The van der Waals surface area contributed by atoms with Gasteiger partial charge in [0.05, 0.1) is 16.8 Å². The summed E-state index contributed by atoms with van der Waals surface area (Å²) in [6.07, 6.45) is -4.80. The first-order valence-electron chi connectivity index (χ1n) is 11.4. The largest absolute Gasteiger partial charge is 0.436 e. The van der Waals surface area contributed by atoms with Crippen LogP contribution < -0.4 is 20.4 Å². The molecule has 2 fully saturated rings. The van der Waals surface area contributed by atoms with Crippen LogP contribution in [0.15, 0.2) is 24.3 Å². The van der Waals surface area contributed by atoms with Crippen molar-refractivity contribution in [3.63, 3.8) is 0 Å². The number of halogens is 3. The van der Waals surface area contributed by atoms with Crippen LogP contribution in [-0.4, -0.2) is 62.9 Å². The second-order valence-electron chi connectivity index (χ2n) is 9.50. The van der Waals surface area contributed by atoms with Crippen molar-refractivity contribution in [2.75, 3.05) is 36.5 Å². The molecule has 4 rings (SSSR count). The quantitative estimate of drug-likeness (QED) is 0.624. The number of alkyl carbamates (subject to hydrolysis) is 1. The number of para-hydroxylation sites is 2. The van der Waals surface area contributed by atoms with Gasteiger partial charge in [-0.25, -0.2) is 4.79 Å². The Balaban J connectivity index is 1.37. The molecule has 0 saturated heterocycles. The van der Waals surface area contributed by atoms with Gasteiger partial charge in [-0.2, -0.15) is 13.2 Å². The molecule has 1 aromatic carbocycles. The van der Waals surface area contributed by atoms with Gasteiger partial charge in [-0.3, -0.25) is 9.59 Å². The molecule has 186 valence electrons. The fourth-order valence-electron chi connectivity index (χ4n) is 4.12. The average molecular weight is 483 g/mol. The molecule has 34 heavy (non-hydrogen) atoms. The van der Waals surface area contributed by atoms with Crippen LogP contribution in [0.4, 0.5) is 29.3 Å². The van der Waals surface area contributed by atoms with Crippen LogP contribution in [0.3, 0.4) is 0 Å². The average Bonchev–Trinajstić information content (AvgIpc) is 3.69. The van der Waals surface area contributed by atoms with E-state index in [0.717, 1.165) is 24.2 Å². The van der Waals surface area contributed by atoms with Crippen LogP contribution in [0.5, 0.6) is 0 Å². The van der Waals surface area contributed by atoms with Crippen molar-refractivity contribution in [2.45, 2.75) is 50.9 Å². The fourth-order valence-corrected chi connectivity index (χ4v) is 4.12. The maximum Gasteiger partial charge on any atom is 0.407 e. The van der Waals surface area contributed by atoms with E-state index >= 15 is 0 Å². The van der Waals surface area contributed by atoms with E-state index in [1.54, 1.807) is 4.90 Å². The van der Waals surface area contributed by atoms with Gasteiger partial charge in [0.25, 0.3) is 11.8 Å². The number of nitrogens with zero attached hydrogens (tertiary/aromatic N) is 2. The van der Waals surface area contributed by atoms with Crippen molar-refractivity contribution in [3.8, 4) is 0 Å². The molecule has 3 aliphatic rings. The second kappa shape index (κ2) is 8.99. The van der Waals surface area contributed by atoms with E-state index in [1.807, 2.05) is 36.2 Å². The van der Waals surface area contributed by atoms with Crippen LogP contribution in [0.2, 0.25) is 0 Å². The van der Waals surface area contributed by atoms with Crippen LogP contribution >= 0.6 is 0 Å². The highest BCUT2D eigenvalue weighted by molar-refractivity contribution is 6.03. The summed E-state index contributed by atoms with van der Waals surface area (Å²) in [5, 5.41) is 4.76. The Hall–Kier alpha value is -2.98. The van der Waals surface area contributed by atoms with Crippen LogP contribution in [-0.2, 0) is 14.3 Å². The maximum atomic E-state index is 13.4. The SMILES string of the molecule is CC(OC(=O)NCC1(C(F)(F)F)CC1)C(=O)NC1CN(C)c2ccccc2N(CC2CC2)C1=O. The van der Waals surface area contributed by atoms with Gasteiger partial charge < -0.3 is 25.2 Å². The number of likely N-dealkylation sites (N-methyl/N-ethyl adjacent to an activating group) is 1. The Morgan fingerprint density at radius 3 is 2.44 bits per heavy atom. The first-order chi connectivity index (χ1) is 16.0. The molecule has 8 nitrogen and oxygen atoms in total. The molecule has 0 spiro atoms. The summed E-state index contributed by atoms with van der Waals surface area (Å²) in [7, 11) is 1.83. The number of alkyl halides is 3.